The van der Waals surface area contributed by atoms with Crippen LogP contribution in [0.25, 0.3) is 76.0 Å². The van der Waals surface area contributed by atoms with Crippen LogP contribution in [0, 0.1) is 0 Å². The smallest absolute Gasteiger partial charge is 0.0973 e. The van der Waals surface area contributed by atoms with E-state index in [9.17, 15) is 0 Å². The third kappa shape index (κ3) is 3.73. The molecule has 2 nitrogen and oxygen atoms in total. The molecule has 0 amide bonds. The van der Waals surface area contributed by atoms with Crippen LogP contribution in [-0.2, 0) is 5.41 Å². The molecule has 0 atom stereocenters. The van der Waals surface area contributed by atoms with Crippen molar-refractivity contribution >= 4 is 42.5 Å². The fraction of sp³-hybridized carbons (Fsp3) is 0.0732. The summed E-state index contributed by atoms with van der Waals surface area (Å²) in [6.45, 7) is 4.65. The highest BCUT2D eigenvalue weighted by Gasteiger charge is 2.35. The second kappa shape index (κ2) is 9.44. The highest BCUT2D eigenvalue weighted by atomic mass is 32.1. The van der Waals surface area contributed by atoms with Gasteiger partial charge in [0, 0.05) is 36.7 Å². The molecule has 0 N–H and O–H groups in total. The molecule has 9 rings (SSSR count). The maximum absolute atomic E-state index is 5.23. The van der Waals surface area contributed by atoms with E-state index in [0.717, 1.165) is 33.5 Å². The molecule has 0 bridgehead atoms. The molecule has 1 aliphatic rings. The molecule has 0 unspecified atom stereocenters. The summed E-state index contributed by atoms with van der Waals surface area (Å²) in [5, 5.41) is 2.64. The van der Waals surface area contributed by atoms with Crippen LogP contribution in [0.2, 0.25) is 0 Å². The number of para-hydroxylation sites is 2. The maximum Gasteiger partial charge on any atom is 0.0973 e. The molecule has 2 heterocycles. The lowest BCUT2D eigenvalue weighted by Gasteiger charge is -2.22. The first-order chi connectivity index (χ1) is 21.6. The lowest BCUT2D eigenvalue weighted by Crippen LogP contribution is -2.15. The van der Waals surface area contributed by atoms with Gasteiger partial charge in [-0.05, 0) is 63.7 Å². The number of hydrogen-bond donors (Lipinski definition) is 0. The summed E-state index contributed by atoms with van der Waals surface area (Å²) in [5.74, 6) is 0. The van der Waals surface area contributed by atoms with Gasteiger partial charge in [-0.3, -0.25) is 0 Å². The minimum atomic E-state index is -0.0825. The molecular weight excluding hydrogens is 553 g/mol. The summed E-state index contributed by atoms with van der Waals surface area (Å²) in [5.41, 5.74) is 13.5. The lowest BCUT2D eigenvalue weighted by molar-refractivity contribution is 0.660. The Morgan fingerprint density at radius 2 is 1.07 bits per heavy atom. The number of rotatable bonds is 3. The average Bonchev–Trinajstić information content (AvgIpc) is 3.56. The van der Waals surface area contributed by atoms with E-state index in [-0.39, 0.29) is 5.41 Å². The van der Waals surface area contributed by atoms with Crippen LogP contribution in [0.5, 0.6) is 0 Å². The summed E-state index contributed by atoms with van der Waals surface area (Å²) in [7, 11) is 0. The summed E-state index contributed by atoms with van der Waals surface area (Å²) in [6.07, 6.45) is 0. The van der Waals surface area contributed by atoms with Crippen LogP contribution >= 0.6 is 11.3 Å². The quantitative estimate of drug-likeness (QED) is 0.208. The molecule has 2 aromatic heterocycles. The van der Waals surface area contributed by atoms with Gasteiger partial charge in [-0.2, -0.15) is 0 Å². The van der Waals surface area contributed by atoms with Gasteiger partial charge >= 0.3 is 0 Å². The van der Waals surface area contributed by atoms with Gasteiger partial charge in [-0.25, -0.2) is 9.97 Å². The van der Waals surface area contributed by atoms with Crippen molar-refractivity contribution in [1.29, 1.82) is 0 Å². The molecular formula is C41H28N2S. The first-order valence-corrected chi connectivity index (χ1v) is 15.9. The normalized spacial score (nSPS) is 13.4. The molecule has 6 aromatic carbocycles. The van der Waals surface area contributed by atoms with Crippen molar-refractivity contribution < 1.29 is 0 Å². The first kappa shape index (κ1) is 25.4. The van der Waals surface area contributed by atoms with Crippen molar-refractivity contribution in [2.24, 2.45) is 0 Å². The summed E-state index contributed by atoms with van der Waals surface area (Å²) in [4.78, 5) is 10.4. The Hall–Kier alpha value is -5.12. The average molecular weight is 581 g/mol. The molecule has 44 heavy (non-hydrogen) atoms. The SMILES string of the molecule is CC1(C)c2ccccc2-c2ccc(-c3nc4ccccc4nc3-c3ccc(-c4cccc5sc6ccccc6c45)cc3)cc21. The maximum atomic E-state index is 5.23. The molecule has 0 aliphatic heterocycles. The Morgan fingerprint density at radius 3 is 1.89 bits per heavy atom. The Morgan fingerprint density at radius 1 is 0.477 bits per heavy atom. The van der Waals surface area contributed by atoms with Crippen molar-refractivity contribution in [3.8, 4) is 44.8 Å². The van der Waals surface area contributed by atoms with Crippen molar-refractivity contribution in [3.05, 3.63) is 145 Å². The van der Waals surface area contributed by atoms with Gasteiger partial charge in [0.05, 0.1) is 22.4 Å². The number of aromatic nitrogens is 2. The zero-order valence-electron chi connectivity index (χ0n) is 24.5. The monoisotopic (exact) mass is 580 g/mol. The molecule has 208 valence electrons. The zero-order valence-corrected chi connectivity index (χ0v) is 25.3. The molecule has 0 fully saturated rings. The second-order valence-corrected chi connectivity index (χ2v) is 13.3. The number of fused-ring (bicyclic) bond motifs is 7. The predicted molar refractivity (Wildman–Crippen MR) is 186 cm³/mol. The molecule has 1 aliphatic carbocycles. The van der Waals surface area contributed by atoms with Crippen LogP contribution in [0.15, 0.2) is 133 Å². The van der Waals surface area contributed by atoms with E-state index >= 15 is 0 Å². The fourth-order valence-electron chi connectivity index (χ4n) is 7.08. The third-order valence-electron chi connectivity index (χ3n) is 9.30. The van der Waals surface area contributed by atoms with E-state index in [0.29, 0.717) is 0 Å². The standard InChI is InChI=1S/C41H28N2S/c1-41(2)32-13-5-3-10-29(32)30-23-22-27(24-33(30)41)40-39(42-34-14-6-7-15-35(34)43-40)26-20-18-25(19-21-26)28-12-9-17-37-38(28)31-11-4-8-16-36(31)44-37/h3-24H,1-2H3. The number of benzene rings is 6. The van der Waals surface area contributed by atoms with Crippen LogP contribution in [0.3, 0.4) is 0 Å². The molecule has 0 saturated heterocycles. The van der Waals surface area contributed by atoms with Gasteiger partial charge in [0.25, 0.3) is 0 Å². The van der Waals surface area contributed by atoms with E-state index in [1.54, 1.807) is 0 Å². The van der Waals surface area contributed by atoms with Crippen LogP contribution in [0.1, 0.15) is 25.0 Å². The number of hydrogen-bond acceptors (Lipinski definition) is 3. The van der Waals surface area contributed by atoms with Gasteiger partial charge in [0.1, 0.15) is 0 Å². The minimum Gasteiger partial charge on any atom is -0.244 e. The van der Waals surface area contributed by atoms with E-state index in [1.165, 1.54) is 53.6 Å². The number of thiophene rings is 1. The first-order valence-electron chi connectivity index (χ1n) is 15.1. The van der Waals surface area contributed by atoms with E-state index < -0.39 is 0 Å². The highest BCUT2D eigenvalue weighted by molar-refractivity contribution is 7.25. The van der Waals surface area contributed by atoms with Crippen LogP contribution in [0.4, 0.5) is 0 Å². The molecule has 0 saturated carbocycles. The molecule has 0 spiro atoms. The fourth-order valence-corrected chi connectivity index (χ4v) is 8.21. The third-order valence-corrected chi connectivity index (χ3v) is 10.4. The van der Waals surface area contributed by atoms with E-state index in [4.69, 9.17) is 9.97 Å². The predicted octanol–water partition coefficient (Wildman–Crippen LogP) is 11.3. The Balaban J connectivity index is 1.20. The van der Waals surface area contributed by atoms with E-state index in [1.807, 2.05) is 23.5 Å². The van der Waals surface area contributed by atoms with Gasteiger partial charge in [-0.15, -0.1) is 11.3 Å². The summed E-state index contributed by atoms with van der Waals surface area (Å²) in [6, 6.07) is 48.0. The topological polar surface area (TPSA) is 25.8 Å². The Kier molecular flexibility index (Phi) is 5.45. The van der Waals surface area contributed by atoms with Gasteiger partial charge in [-0.1, -0.05) is 117 Å². The summed E-state index contributed by atoms with van der Waals surface area (Å²) >= 11 is 1.86. The minimum absolute atomic E-state index is 0.0825. The molecule has 8 aromatic rings. The zero-order chi connectivity index (χ0) is 29.4. The largest absolute Gasteiger partial charge is 0.244 e. The van der Waals surface area contributed by atoms with Crippen LogP contribution < -0.4 is 0 Å². The molecule has 3 heteroatoms. The van der Waals surface area contributed by atoms with Crippen molar-refractivity contribution in [2.75, 3.05) is 0 Å². The second-order valence-electron chi connectivity index (χ2n) is 12.2. The highest BCUT2D eigenvalue weighted by Crippen LogP contribution is 2.50. The Labute approximate surface area is 260 Å². The molecule has 0 radical (unpaired) electrons. The van der Waals surface area contributed by atoms with Gasteiger partial charge in [0.2, 0.25) is 0 Å². The van der Waals surface area contributed by atoms with Crippen LogP contribution in [-0.4, -0.2) is 9.97 Å². The lowest BCUT2D eigenvalue weighted by atomic mass is 9.81. The van der Waals surface area contributed by atoms with Crippen molar-refractivity contribution in [3.63, 3.8) is 0 Å². The Bertz CT molecular complexity index is 2410. The van der Waals surface area contributed by atoms with Gasteiger partial charge in [0.15, 0.2) is 0 Å². The van der Waals surface area contributed by atoms with E-state index in [2.05, 4.69) is 135 Å². The number of nitrogens with zero attached hydrogens (tertiary/aromatic N) is 2. The van der Waals surface area contributed by atoms with Gasteiger partial charge < -0.3 is 0 Å². The summed E-state index contributed by atoms with van der Waals surface area (Å²) < 4.78 is 2.64. The van der Waals surface area contributed by atoms with Crippen molar-refractivity contribution in [2.45, 2.75) is 19.3 Å². The van der Waals surface area contributed by atoms with Crippen molar-refractivity contribution in [1.82, 2.24) is 9.97 Å².